The van der Waals surface area contributed by atoms with E-state index in [4.69, 9.17) is 9.47 Å². The van der Waals surface area contributed by atoms with Crippen LogP contribution in [0.1, 0.15) is 12.5 Å². The number of hydrogen-bond acceptors (Lipinski definition) is 3. The Hall–Kier alpha value is -0.970. The second-order valence-electron chi connectivity index (χ2n) is 3.84. The zero-order valence-electron chi connectivity index (χ0n) is 10.6. The lowest BCUT2D eigenvalue weighted by Crippen LogP contribution is -2.43. The highest BCUT2D eigenvalue weighted by Crippen LogP contribution is 2.10. The number of nitrogens with one attached hydrogen (secondary N) is 1. The van der Waals surface area contributed by atoms with Gasteiger partial charge in [0.1, 0.15) is 5.82 Å². The number of halogens is 1. The summed E-state index contributed by atoms with van der Waals surface area (Å²) in [6, 6.07) is 6.59. The summed E-state index contributed by atoms with van der Waals surface area (Å²) in [7, 11) is 3.20. The predicted octanol–water partition coefficient (Wildman–Crippen LogP) is 1.97. The highest BCUT2D eigenvalue weighted by molar-refractivity contribution is 5.17. The van der Waals surface area contributed by atoms with Gasteiger partial charge in [0.05, 0.1) is 6.04 Å². The summed E-state index contributed by atoms with van der Waals surface area (Å²) in [5.41, 5.74) is 0.926. The van der Waals surface area contributed by atoms with Crippen LogP contribution in [0.5, 0.6) is 0 Å². The number of rotatable bonds is 7. The molecule has 1 rings (SSSR count). The number of likely N-dealkylation sites (N-methyl/N-ethyl adjacent to an activating group) is 1. The minimum absolute atomic E-state index is 0.0109. The van der Waals surface area contributed by atoms with Gasteiger partial charge in [0.15, 0.2) is 6.29 Å². The topological polar surface area (TPSA) is 30.5 Å². The minimum atomic E-state index is -0.335. The molecular formula is C13H20FNO2. The monoisotopic (exact) mass is 241 g/mol. The molecule has 3 nitrogen and oxygen atoms in total. The second kappa shape index (κ2) is 7.37. The van der Waals surface area contributed by atoms with Crippen molar-refractivity contribution in [2.75, 3.05) is 20.8 Å². The summed E-state index contributed by atoms with van der Waals surface area (Å²) in [4.78, 5) is 0. The van der Waals surface area contributed by atoms with E-state index in [0.717, 1.165) is 12.1 Å². The van der Waals surface area contributed by atoms with Gasteiger partial charge < -0.3 is 14.8 Å². The van der Waals surface area contributed by atoms with Crippen LogP contribution in [0.3, 0.4) is 0 Å². The fourth-order valence-electron chi connectivity index (χ4n) is 1.87. The molecule has 0 aliphatic carbocycles. The molecule has 0 bridgehead atoms. The van der Waals surface area contributed by atoms with Crippen molar-refractivity contribution in [1.82, 2.24) is 5.32 Å². The molecule has 0 aromatic heterocycles. The van der Waals surface area contributed by atoms with Gasteiger partial charge in [-0.2, -0.15) is 0 Å². The van der Waals surface area contributed by atoms with Gasteiger partial charge >= 0.3 is 0 Å². The van der Waals surface area contributed by atoms with Crippen molar-refractivity contribution >= 4 is 0 Å². The Morgan fingerprint density at radius 1 is 1.29 bits per heavy atom. The molecule has 0 spiro atoms. The molecule has 0 saturated heterocycles. The highest BCUT2D eigenvalue weighted by atomic mass is 19.1. The number of benzene rings is 1. The molecule has 1 aromatic rings. The normalized spacial score (nSPS) is 13.0. The van der Waals surface area contributed by atoms with Crippen LogP contribution in [0.25, 0.3) is 0 Å². The van der Waals surface area contributed by atoms with E-state index in [9.17, 15) is 4.39 Å². The molecule has 0 saturated carbocycles. The van der Waals surface area contributed by atoms with Crippen molar-refractivity contribution in [2.24, 2.45) is 0 Å². The van der Waals surface area contributed by atoms with Crippen LogP contribution in [0.4, 0.5) is 4.39 Å². The maximum absolute atomic E-state index is 13.1. The molecule has 1 unspecified atom stereocenters. The van der Waals surface area contributed by atoms with Gasteiger partial charge in [-0.05, 0) is 30.7 Å². The Bertz CT molecular complexity index is 329. The predicted molar refractivity (Wildman–Crippen MR) is 65.4 cm³/mol. The molecule has 0 radical (unpaired) electrons. The average molecular weight is 241 g/mol. The fraction of sp³-hybridized carbons (Fsp3) is 0.538. The van der Waals surface area contributed by atoms with E-state index in [1.54, 1.807) is 20.3 Å². The van der Waals surface area contributed by atoms with Crippen molar-refractivity contribution in [1.29, 1.82) is 0 Å². The average Bonchev–Trinajstić information content (AvgIpc) is 2.31. The molecular weight excluding hydrogens is 221 g/mol. The van der Waals surface area contributed by atoms with E-state index in [1.165, 1.54) is 12.1 Å². The van der Waals surface area contributed by atoms with Gasteiger partial charge in [-0.25, -0.2) is 4.39 Å². The van der Waals surface area contributed by atoms with Gasteiger partial charge in [0.25, 0.3) is 0 Å². The summed E-state index contributed by atoms with van der Waals surface area (Å²) in [6.45, 7) is 2.82. The molecule has 0 aliphatic heterocycles. The number of ether oxygens (including phenoxy) is 2. The van der Waals surface area contributed by atoms with Crippen molar-refractivity contribution < 1.29 is 13.9 Å². The van der Waals surface area contributed by atoms with Gasteiger partial charge in [-0.3, -0.25) is 0 Å². The molecule has 4 heteroatoms. The molecule has 0 aliphatic rings. The van der Waals surface area contributed by atoms with Crippen molar-refractivity contribution in [3.8, 4) is 0 Å². The van der Waals surface area contributed by atoms with E-state index in [2.05, 4.69) is 5.32 Å². The maximum Gasteiger partial charge on any atom is 0.172 e. The number of hydrogen-bond donors (Lipinski definition) is 1. The first kappa shape index (κ1) is 14.1. The summed E-state index contributed by atoms with van der Waals surface area (Å²) in [5.74, 6) is -0.218. The largest absolute Gasteiger partial charge is 0.354 e. The van der Waals surface area contributed by atoms with Crippen LogP contribution >= 0.6 is 0 Å². The zero-order chi connectivity index (χ0) is 12.7. The minimum Gasteiger partial charge on any atom is -0.354 e. The van der Waals surface area contributed by atoms with Gasteiger partial charge in [-0.15, -0.1) is 0 Å². The molecule has 17 heavy (non-hydrogen) atoms. The maximum atomic E-state index is 13.1. The molecule has 1 aromatic carbocycles. The Morgan fingerprint density at radius 2 is 2.00 bits per heavy atom. The van der Waals surface area contributed by atoms with Gasteiger partial charge in [0.2, 0.25) is 0 Å². The molecule has 96 valence electrons. The quantitative estimate of drug-likeness (QED) is 0.740. The van der Waals surface area contributed by atoms with Crippen LogP contribution < -0.4 is 5.32 Å². The Morgan fingerprint density at radius 3 is 2.53 bits per heavy atom. The van der Waals surface area contributed by atoms with E-state index < -0.39 is 0 Å². The molecule has 1 atom stereocenters. The van der Waals surface area contributed by atoms with Crippen molar-refractivity contribution in [3.05, 3.63) is 35.6 Å². The third kappa shape index (κ3) is 4.42. The van der Waals surface area contributed by atoms with Crippen LogP contribution in [0, 0.1) is 5.82 Å². The molecule has 0 amide bonds. The first-order valence-electron chi connectivity index (χ1n) is 5.74. The zero-order valence-corrected chi connectivity index (χ0v) is 10.6. The van der Waals surface area contributed by atoms with E-state index >= 15 is 0 Å². The Kier molecular flexibility index (Phi) is 6.11. The third-order valence-electron chi connectivity index (χ3n) is 2.60. The van der Waals surface area contributed by atoms with E-state index in [0.29, 0.717) is 6.42 Å². The fourth-order valence-corrected chi connectivity index (χ4v) is 1.87. The summed E-state index contributed by atoms with van der Waals surface area (Å²) in [6.07, 6.45) is 0.330. The standard InChI is InChI=1S/C13H20FNO2/c1-4-15-12(13(16-2)17-3)9-10-6-5-7-11(14)8-10/h5-8,12-13,15H,4,9H2,1-3H3. The molecule has 1 N–H and O–H groups in total. The summed E-state index contributed by atoms with van der Waals surface area (Å²) in [5, 5.41) is 3.28. The van der Waals surface area contributed by atoms with Crippen LogP contribution in [-0.2, 0) is 15.9 Å². The third-order valence-corrected chi connectivity index (χ3v) is 2.60. The lowest BCUT2D eigenvalue weighted by atomic mass is 10.1. The summed E-state index contributed by atoms with van der Waals surface area (Å²) >= 11 is 0. The molecule has 0 fully saturated rings. The highest BCUT2D eigenvalue weighted by Gasteiger charge is 2.20. The first-order valence-corrected chi connectivity index (χ1v) is 5.74. The smallest absolute Gasteiger partial charge is 0.172 e. The van der Waals surface area contributed by atoms with Gasteiger partial charge in [0, 0.05) is 14.2 Å². The Labute approximate surface area is 102 Å². The van der Waals surface area contributed by atoms with Crippen LogP contribution in [0.2, 0.25) is 0 Å². The first-order chi connectivity index (χ1) is 8.21. The molecule has 0 heterocycles. The Balaban J connectivity index is 2.71. The summed E-state index contributed by atoms with van der Waals surface area (Å²) < 4.78 is 23.6. The van der Waals surface area contributed by atoms with Crippen molar-refractivity contribution in [2.45, 2.75) is 25.7 Å². The SMILES string of the molecule is CCNC(Cc1cccc(F)c1)C(OC)OC. The van der Waals surface area contributed by atoms with Gasteiger partial charge in [-0.1, -0.05) is 19.1 Å². The lowest BCUT2D eigenvalue weighted by molar-refractivity contribution is -0.122. The number of methoxy groups -OCH3 is 2. The lowest BCUT2D eigenvalue weighted by Gasteiger charge is -2.25. The van der Waals surface area contributed by atoms with Crippen LogP contribution in [0.15, 0.2) is 24.3 Å². The second-order valence-corrected chi connectivity index (χ2v) is 3.84. The van der Waals surface area contributed by atoms with Crippen molar-refractivity contribution in [3.63, 3.8) is 0 Å². The van der Waals surface area contributed by atoms with E-state index in [-0.39, 0.29) is 18.1 Å². The van der Waals surface area contributed by atoms with Crippen LogP contribution in [-0.4, -0.2) is 33.1 Å². The van der Waals surface area contributed by atoms with E-state index in [1.807, 2.05) is 13.0 Å².